The second-order valence-corrected chi connectivity index (χ2v) is 4.26. The number of rotatable bonds is 5. The summed E-state index contributed by atoms with van der Waals surface area (Å²) in [4.78, 5) is 26.4. The highest BCUT2D eigenvalue weighted by atomic mass is 16.4. The lowest BCUT2D eigenvalue weighted by Crippen LogP contribution is -2.35. The van der Waals surface area contributed by atoms with E-state index in [4.69, 9.17) is 5.11 Å². The van der Waals surface area contributed by atoms with Crippen LogP contribution in [0.4, 0.5) is 5.82 Å². The number of aromatic nitrogens is 1. The maximum Gasteiger partial charge on any atom is 0.335 e. The van der Waals surface area contributed by atoms with Crippen molar-refractivity contribution in [1.29, 1.82) is 0 Å². The van der Waals surface area contributed by atoms with Gasteiger partial charge in [-0.1, -0.05) is 0 Å². The van der Waals surface area contributed by atoms with Crippen LogP contribution >= 0.6 is 0 Å². The normalized spacial score (nSPS) is 10.2. The smallest absolute Gasteiger partial charge is 0.335 e. The summed E-state index contributed by atoms with van der Waals surface area (Å²) in [5, 5.41) is 14.4. The van der Waals surface area contributed by atoms with Crippen molar-refractivity contribution < 1.29 is 14.7 Å². The van der Waals surface area contributed by atoms with Crippen molar-refractivity contribution in [1.82, 2.24) is 10.3 Å². The van der Waals surface area contributed by atoms with Crippen molar-refractivity contribution in [2.45, 2.75) is 26.8 Å². The molecule has 0 atom stereocenters. The minimum atomic E-state index is -1.02. The van der Waals surface area contributed by atoms with Crippen LogP contribution in [0.15, 0.2) is 12.1 Å². The molecule has 98 valence electrons. The summed E-state index contributed by atoms with van der Waals surface area (Å²) in [6, 6.07) is 2.94. The number of aromatic carboxylic acids is 1. The first-order valence-electron chi connectivity index (χ1n) is 5.63. The number of aryl methyl sites for hydroxylation is 1. The SMILES string of the molecule is Cc1cc(C(=O)O)cc(NCC(=O)NC(C)C)n1. The quantitative estimate of drug-likeness (QED) is 0.727. The van der Waals surface area contributed by atoms with E-state index in [1.165, 1.54) is 12.1 Å². The third kappa shape index (κ3) is 4.40. The van der Waals surface area contributed by atoms with Crippen LogP contribution in [-0.4, -0.2) is 34.6 Å². The Hall–Kier alpha value is -2.11. The topological polar surface area (TPSA) is 91.3 Å². The summed E-state index contributed by atoms with van der Waals surface area (Å²) >= 11 is 0. The number of amides is 1. The molecular weight excluding hydrogens is 234 g/mol. The lowest BCUT2D eigenvalue weighted by Gasteiger charge is -2.10. The molecule has 0 radical (unpaired) electrons. The van der Waals surface area contributed by atoms with Crippen molar-refractivity contribution in [2.75, 3.05) is 11.9 Å². The zero-order chi connectivity index (χ0) is 13.7. The molecule has 0 aliphatic heterocycles. The molecule has 0 aliphatic carbocycles. The number of carboxylic acids is 1. The maximum absolute atomic E-state index is 11.4. The van der Waals surface area contributed by atoms with Crippen molar-refractivity contribution in [3.8, 4) is 0 Å². The molecule has 0 fully saturated rings. The number of hydrogen-bond acceptors (Lipinski definition) is 4. The Labute approximate surface area is 105 Å². The second kappa shape index (κ2) is 6.00. The van der Waals surface area contributed by atoms with Crippen LogP contribution in [0.1, 0.15) is 29.9 Å². The average molecular weight is 251 g/mol. The van der Waals surface area contributed by atoms with E-state index in [0.29, 0.717) is 11.5 Å². The van der Waals surface area contributed by atoms with Gasteiger partial charge in [-0.15, -0.1) is 0 Å². The highest BCUT2D eigenvalue weighted by molar-refractivity contribution is 5.89. The Morgan fingerprint density at radius 3 is 2.61 bits per heavy atom. The molecule has 1 aromatic heterocycles. The third-order valence-electron chi connectivity index (χ3n) is 2.08. The molecule has 6 heteroatoms. The molecule has 0 bridgehead atoms. The minimum Gasteiger partial charge on any atom is -0.478 e. The predicted molar refractivity (Wildman–Crippen MR) is 67.7 cm³/mol. The molecule has 0 saturated carbocycles. The Morgan fingerprint density at radius 2 is 2.06 bits per heavy atom. The van der Waals surface area contributed by atoms with E-state index in [1.54, 1.807) is 6.92 Å². The van der Waals surface area contributed by atoms with E-state index in [9.17, 15) is 9.59 Å². The third-order valence-corrected chi connectivity index (χ3v) is 2.08. The lowest BCUT2D eigenvalue weighted by molar-refractivity contribution is -0.119. The molecule has 0 aliphatic rings. The van der Waals surface area contributed by atoms with Gasteiger partial charge in [0.2, 0.25) is 5.91 Å². The number of pyridine rings is 1. The first kappa shape index (κ1) is 14.0. The molecule has 0 spiro atoms. The highest BCUT2D eigenvalue weighted by Crippen LogP contribution is 2.09. The summed E-state index contributed by atoms with van der Waals surface area (Å²) in [6.45, 7) is 5.50. The highest BCUT2D eigenvalue weighted by Gasteiger charge is 2.08. The molecule has 0 aromatic carbocycles. The number of carbonyl (C=O) groups excluding carboxylic acids is 1. The van der Waals surface area contributed by atoms with E-state index in [0.717, 1.165) is 0 Å². The van der Waals surface area contributed by atoms with Gasteiger partial charge in [0.05, 0.1) is 12.1 Å². The minimum absolute atomic E-state index is 0.0632. The van der Waals surface area contributed by atoms with Crippen LogP contribution in [0.25, 0.3) is 0 Å². The van der Waals surface area contributed by atoms with Crippen molar-refractivity contribution >= 4 is 17.7 Å². The van der Waals surface area contributed by atoms with Gasteiger partial charge in [-0.25, -0.2) is 9.78 Å². The van der Waals surface area contributed by atoms with E-state index >= 15 is 0 Å². The molecule has 1 heterocycles. The van der Waals surface area contributed by atoms with Gasteiger partial charge in [0.15, 0.2) is 0 Å². The van der Waals surface area contributed by atoms with Gasteiger partial charge < -0.3 is 15.7 Å². The van der Waals surface area contributed by atoms with E-state index < -0.39 is 5.97 Å². The molecule has 1 amide bonds. The average Bonchev–Trinajstić information content (AvgIpc) is 2.24. The van der Waals surface area contributed by atoms with Gasteiger partial charge in [-0.2, -0.15) is 0 Å². The van der Waals surface area contributed by atoms with Crippen molar-refractivity contribution in [3.05, 3.63) is 23.4 Å². The molecular formula is C12H17N3O3. The summed E-state index contributed by atoms with van der Waals surface area (Å²) in [7, 11) is 0. The Morgan fingerprint density at radius 1 is 1.39 bits per heavy atom. The van der Waals surface area contributed by atoms with Crippen LogP contribution in [-0.2, 0) is 4.79 Å². The Kier molecular flexibility index (Phi) is 4.65. The number of nitrogens with one attached hydrogen (secondary N) is 2. The summed E-state index contributed by atoms with van der Waals surface area (Å²) in [5.41, 5.74) is 0.732. The van der Waals surface area contributed by atoms with Gasteiger partial charge in [-0.05, 0) is 32.9 Å². The fraction of sp³-hybridized carbons (Fsp3) is 0.417. The fourth-order valence-electron chi connectivity index (χ4n) is 1.43. The van der Waals surface area contributed by atoms with Gasteiger partial charge in [0.25, 0.3) is 0 Å². The number of carbonyl (C=O) groups is 2. The second-order valence-electron chi connectivity index (χ2n) is 4.26. The predicted octanol–water partition coefficient (Wildman–Crippen LogP) is 1.02. The molecule has 0 saturated heterocycles. The zero-order valence-corrected chi connectivity index (χ0v) is 10.7. The van der Waals surface area contributed by atoms with Gasteiger partial charge in [0, 0.05) is 11.7 Å². The number of nitrogens with zero attached hydrogens (tertiary/aromatic N) is 1. The molecule has 18 heavy (non-hydrogen) atoms. The Bertz CT molecular complexity index is 458. The number of hydrogen-bond donors (Lipinski definition) is 3. The molecule has 1 rings (SSSR count). The summed E-state index contributed by atoms with van der Waals surface area (Å²) in [5.74, 6) is -0.799. The number of carboxylic acid groups (broad SMARTS) is 1. The molecule has 0 unspecified atom stereocenters. The fourth-order valence-corrected chi connectivity index (χ4v) is 1.43. The molecule has 1 aromatic rings. The van der Waals surface area contributed by atoms with Gasteiger partial charge in [-0.3, -0.25) is 4.79 Å². The summed E-state index contributed by atoms with van der Waals surface area (Å²) in [6.07, 6.45) is 0. The first-order valence-corrected chi connectivity index (χ1v) is 5.63. The monoisotopic (exact) mass is 251 g/mol. The van der Waals surface area contributed by atoms with E-state index in [1.807, 2.05) is 13.8 Å². The first-order chi connectivity index (χ1) is 8.38. The van der Waals surface area contributed by atoms with E-state index in [-0.39, 0.29) is 24.1 Å². The zero-order valence-electron chi connectivity index (χ0n) is 10.7. The van der Waals surface area contributed by atoms with Crippen LogP contribution in [0.2, 0.25) is 0 Å². The molecule has 6 nitrogen and oxygen atoms in total. The van der Waals surface area contributed by atoms with Crippen LogP contribution in [0.3, 0.4) is 0 Å². The van der Waals surface area contributed by atoms with Crippen LogP contribution in [0.5, 0.6) is 0 Å². The van der Waals surface area contributed by atoms with Crippen LogP contribution < -0.4 is 10.6 Å². The molecule has 3 N–H and O–H groups in total. The van der Waals surface area contributed by atoms with Crippen LogP contribution in [0, 0.1) is 6.92 Å². The van der Waals surface area contributed by atoms with E-state index in [2.05, 4.69) is 15.6 Å². The van der Waals surface area contributed by atoms with Crippen molar-refractivity contribution in [3.63, 3.8) is 0 Å². The van der Waals surface area contributed by atoms with Gasteiger partial charge >= 0.3 is 5.97 Å². The lowest BCUT2D eigenvalue weighted by atomic mass is 10.2. The Balaban J connectivity index is 2.67. The summed E-state index contributed by atoms with van der Waals surface area (Å²) < 4.78 is 0. The van der Waals surface area contributed by atoms with Crippen molar-refractivity contribution in [2.24, 2.45) is 0 Å². The maximum atomic E-state index is 11.4. The largest absolute Gasteiger partial charge is 0.478 e. The number of anilines is 1. The van der Waals surface area contributed by atoms with Gasteiger partial charge in [0.1, 0.15) is 5.82 Å². The standard InChI is InChI=1S/C12H17N3O3/c1-7(2)14-11(16)6-13-10-5-9(12(17)18)4-8(3)15-10/h4-5,7H,6H2,1-3H3,(H,13,15)(H,14,16)(H,17,18).